The van der Waals surface area contributed by atoms with Crippen molar-refractivity contribution in [3.8, 4) is 0 Å². The van der Waals surface area contributed by atoms with Gasteiger partial charge in [0, 0.05) is 38.1 Å². The maximum absolute atomic E-state index is 13.7. The highest BCUT2D eigenvalue weighted by Crippen LogP contribution is 2.39. The van der Waals surface area contributed by atoms with Crippen molar-refractivity contribution >= 4 is 29.2 Å². The van der Waals surface area contributed by atoms with Gasteiger partial charge in [0.25, 0.3) is 5.91 Å². The minimum atomic E-state index is -0.784. The molecule has 2 saturated heterocycles. The SMILES string of the molecule is CCc1ccc(NC(=O)N2CCC3(CC2)C(=O)N(CC(=O)NCCOC)CN3c2ccccc2)cc1. The second kappa shape index (κ2) is 11.4. The van der Waals surface area contributed by atoms with E-state index in [9.17, 15) is 14.4 Å². The molecule has 0 radical (unpaired) electrons. The Morgan fingerprint density at radius 1 is 1.03 bits per heavy atom. The first-order chi connectivity index (χ1) is 17.5. The first kappa shape index (κ1) is 25.5. The number of likely N-dealkylation sites (tertiary alicyclic amines) is 1. The van der Waals surface area contributed by atoms with Gasteiger partial charge in [0.05, 0.1) is 13.3 Å². The zero-order chi connectivity index (χ0) is 25.5. The Kier molecular flexibility index (Phi) is 8.10. The quantitative estimate of drug-likeness (QED) is 0.552. The van der Waals surface area contributed by atoms with Gasteiger partial charge in [-0.05, 0) is 49.1 Å². The van der Waals surface area contributed by atoms with Crippen LogP contribution < -0.4 is 15.5 Å². The largest absolute Gasteiger partial charge is 0.383 e. The van der Waals surface area contributed by atoms with Gasteiger partial charge in [-0.3, -0.25) is 9.59 Å². The van der Waals surface area contributed by atoms with Gasteiger partial charge < -0.3 is 30.1 Å². The first-order valence-electron chi connectivity index (χ1n) is 12.5. The van der Waals surface area contributed by atoms with Crippen molar-refractivity contribution in [2.45, 2.75) is 31.7 Å². The standard InChI is InChI=1S/C27H35N5O4/c1-3-21-9-11-22(12-10-21)29-26(35)30-16-13-27(14-17-30)25(34)31(19-24(33)28-15-18-36-2)20-32(27)23-7-5-4-6-8-23/h4-12H,3,13-20H2,1-2H3,(H,28,33)(H,29,35). The van der Waals surface area contributed by atoms with E-state index < -0.39 is 5.54 Å². The molecule has 2 aromatic carbocycles. The number of hydrogen-bond acceptors (Lipinski definition) is 5. The minimum absolute atomic E-state index is 0.00835. The van der Waals surface area contributed by atoms with Crippen LogP contribution in [-0.2, 0) is 20.7 Å². The number of amides is 4. The van der Waals surface area contributed by atoms with Crippen LogP contribution in [0.3, 0.4) is 0 Å². The molecule has 2 heterocycles. The normalized spacial score (nSPS) is 16.9. The average Bonchev–Trinajstić information content (AvgIpc) is 3.16. The molecule has 0 atom stereocenters. The van der Waals surface area contributed by atoms with E-state index in [0.717, 1.165) is 17.8 Å². The Hall–Kier alpha value is -3.59. The Morgan fingerprint density at radius 3 is 2.36 bits per heavy atom. The van der Waals surface area contributed by atoms with Crippen molar-refractivity contribution in [3.05, 3.63) is 60.2 Å². The lowest BCUT2D eigenvalue weighted by molar-refractivity contribution is -0.137. The number of piperidine rings is 1. The Morgan fingerprint density at radius 2 is 1.72 bits per heavy atom. The Labute approximate surface area is 212 Å². The molecule has 0 unspecified atom stereocenters. The number of carbonyl (C=O) groups excluding carboxylic acids is 3. The number of nitrogens with zero attached hydrogens (tertiary/aromatic N) is 3. The number of rotatable bonds is 8. The van der Waals surface area contributed by atoms with Crippen LogP contribution in [0.4, 0.5) is 16.2 Å². The molecule has 4 amide bonds. The van der Waals surface area contributed by atoms with Gasteiger partial charge >= 0.3 is 6.03 Å². The molecule has 9 heteroatoms. The van der Waals surface area contributed by atoms with Crippen LogP contribution in [0.2, 0.25) is 0 Å². The molecule has 2 fully saturated rings. The van der Waals surface area contributed by atoms with Gasteiger partial charge in [-0.25, -0.2) is 4.79 Å². The van der Waals surface area contributed by atoms with Gasteiger partial charge in [0.15, 0.2) is 0 Å². The van der Waals surface area contributed by atoms with Gasteiger partial charge in [0.2, 0.25) is 5.91 Å². The van der Waals surface area contributed by atoms with Gasteiger partial charge in [-0.2, -0.15) is 0 Å². The smallest absolute Gasteiger partial charge is 0.321 e. The van der Waals surface area contributed by atoms with Crippen LogP contribution in [0, 0.1) is 0 Å². The minimum Gasteiger partial charge on any atom is -0.383 e. The van der Waals surface area contributed by atoms with Crippen LogP contribution in [0.1, 0.15) is 25.3 Å². The summed E-state index contributed by atoms with van der Waals surface area (Å²) < 4.78 is 4.98. The summed E-state index contributed by atoms with van der Waals surface area (Å²) in [6, 6.07) is 17.5. The van der Waals surface area contributed by atoms with E-state index in [0.29, 0.717) is 45.8 Å². The zero-order valence-corrected chi connectivity index (χ0v) is 21.0. The van der Waals surface area contributed by atoms with Crippen LogP contribution in [0.25, 0.3) is 0 Å². The third kappa shape index (κ3) is 5.46. The van der Waals surface area contributed by atoms with E-state index in [-0.39, 0.29) is 24.4 Å². The Balaban J connectivity index is 1.45. The van der Waals surface area contributed by atoms with Crippen LogP contribution in [0.15, 0.2) is 54.6 Å². The molecule has 0 saturated carbocycles. The number of methoxy groups -OCH3 is 1. The van der Waals surface area contributed by atoms with E-state index in [4.69, 9.17) is 4.74 Å². The number of benzene rings is 2. The summed E-state index contributed by atoms with van der Waals surface area (Å²) in [5.41, 5.74) is 2.12. The lowest BCUT2D eigenvalue weighted by atomic mass is 9.85. The summed E-state index contributed by atoms with van der Waals surface area (Å²) >= 11 is 0. The lowest BCUT2D eigenvalue weighted by Gasteiger charge is -2.43. The maximum Gasteiger partial charge on any atom is 0.321 e. The maximum atomic E-state index is 13.7. The number of nitrogens with one attached hydrogen (secondary N) is 2. The van der Waals surface area contributed by atoms with E-state index in [1.807, 2.05) is 54.6 Å². The number of para-hydroxylation sites is 1. The highest BCUT2D eigenvalue weighted by molar-refractivity contribution is 5.97. The predicted molar refractivity (Wildman–Crippen MR) is 139 cm³/mol. The molecule has 4 rings (SSSR count). The number of hydrogen-bond donors (Lipinski definition) is 2. The summed E-state index contributed by atoms with van der Waals surface area (Å²) in [4.78, 5) is 44.6. The monoisotopic (exact) mass is 493 g/mol. The van der Waals surface area contributed by atoms with E-state index in [1.165, 1.54) is 5.56 Å². The van der Waals surface area contributed by atoms with Crippen LogP contribution in [0.5, 0.6) is 0 Å². The predicted octanol–water partition coefficient (Wildman–Crippen LogP) is 2.68. The molecule has 2 aromatic rings. The van der Waals surface area contributed by atoms with Crippen molar-refractivity contribution in [2.24, 2.45) is 0 Å². The average molecular weight is 494 g/mol. The number of ether oxygens (including phenoxy) is 1. The fraction of sp³-hybridized carbons (Fsp3) is 0.444. The molecular formula is C27H35N5O4. The van der Waals surface area contributed by atoms with Crippen molar-refractivity contribution in [1.29, 1.82) is 0 Å². The number of anilines is 2. The molecule has 1 spiro atoms. The third-order valence-corrected chi connectivity index (χ3v) is 7.04. The van der Waals surface area contributed by atoms with Crippen LogP contribution in [-0.4, -0.2) is 79.7 Å². The van der Waals surface area contributed by atoms with Crippen molar-refractivity contribution in [3.63, 3.8) is 0 Å². The molecular weight excluding hydrogens is 458 g/mol. The summed E-state index contributed by atoms with van der Waals surface area (Å²) in [5, 5.41) is 5.76. The fourth-order valence-corrected chi connectivity index (χ4v) is 4.95. The lowest BCUT2D eigenvalue weighted by Crippen LogP contribution is -2.58. The van der Waals surface area contributed by atoms with E-state index in [2.05, 4.69) is 22.5 Å². The third-order valence-electron chi connectivity index (χ3n) is 7.04. The molecule has 2 aliphatic rings. The summed E-state index contributed by atoms with van der Waals surface area (Å²) in [6.07, 6.45) is 1.93. The van der Waals surface area contributed by atoms with Crippen LogP contribution >= 0.6 is 0 Å². The van der Waals surface area contributed by atoms with Crippen molar-refractivity contribution in [1.82, 2.24) is 15.1 Å². The molecule has 192 valence electrons. The van der Waals surface area contributed by atoms with Gasteiger partial charge in [0.1, 0.15) is 12.1 Å². The fourth-order valence-electron chi connectivity index (χ4n) is 4.95. The van der Waals surface area contributed by atoms with Crippen molar-refractivity contribution < 1.29 is 19.1 Å². The molecule has 9 nitrogen and oxygen atoms in total. The van der Waals surface area contributed by atoms with Gasteiger partial charge in [-0.1, -0.05) is 37.3 Å². The summed E-state index contributed by atoms with van der Waals surface area (Å²) in [7, 11) is 1.58. The molecule has 2 N–H and O–H groups in total. The number of aryl methyl sites for hydroxylation is 1. The highest BCUT2D eigenvalue weighted by atomic mass is 16.5. The Bertz CT molecular complexity index is 1050. The number of urea groups is 1. The zero-order valence-electron chi connectivity index (χ0n) is 21.0. The number of carbonyl (C=O) groups is 3. The second-order valence-electron chi connectivity index (χ2n) is 9.25. The molecule has 0 bridgehead atoms. The summed E-state index contributed by atoms with van der Waals surface area (Å²) in [6.45, 7) is 4.12. The molecule has 0 aliphatic carbocycles. The summed E-state index contributed by atoms with van der Waals surface area (Å²) in [5.74, 6) is -0.278. The van der Waals surface area contributed by atoms with Gasteiger partial charge in [-0.15, -0.1) is 0 Å². The van der Waals surface area contributed by atoms with E-state index in [1.54, 1.807) is 16.9 Å². The molecule has 36 heavy (non-hydrogen) atoms. The highest BCUT2D eigenvalue weighted by Gasteiger charge is 2.54. The second-order valence-corrected chi connectivity index (χ2v) is 9.25. The molecule has 2 aliphatic heterocycles. The van der Waals surface area contributed by atoms with Crippen molar-refractivity contribution in [2.75, 3.05) is 56.8 Å². The first-order valence-corrected chi connectivity index (χ1v) is 12.5. The topological polar surface area (TPSA) is 94.2 Å². The molecule has 0 aromatic heterocycles. The van der Waals surface area contributed by atoms with E-state index >= 15 is 0 Å².